The average molecular weight is 250 g/mol. The van der Waals surface area contributed by atoms with Gasteiger partial charge >= 0.3 is 0 Å². The number of rotatable bonds is 4. The monoisotopic (exact) mass is 250 g/mol. The summed E-state index contributed by atoms with van der Waals surface area (Å²) in [4.78, 5) is 12.9. The molecule has 0 unspecified atom stereocenters. The van der Waals surface area contributed by atoms with Crippen LogP contribution in [0.3, 0.4) is 0 Å². The number of thioether (sulfide) groups is 1. The lowest BCUT2D eigenvalue weighted by atomic mass is 10.0. The van der Waals surface area contributed by atoms with E-state index in [0.717, 1.165) is 5.56 Å². The number of ketones is 1. The summed E-state index contributed by atoms with van der Waals surface area (Å²) in [6.07, 6.45) is 0.554. The maximum Gasteiger partial charge on any atom is 0.139 e. The minimum absolute atomic E-state index is 0.124. The summed E-state index contributed by atoms with van der Waals surface area (Å²) >= 11 is 1.85. The molecule has 0 heterocycles. The van der Waals surface area contributed by atoms with Crippen LogP contribution in [0.1, 0.15) is 40.2 Å². The van der Waals surface area contributed by atoms with E-state index in [1.54, 1.807) is 0 Å². The highest BCUT2D eigenvalue weighted by atomic mass is 32.2. The van der Waals surface area contributed by atoms with Crippen molar-refractivity contribution in [2.75, 3.05) is 0 Å². The second kappa shape index (κ2) is 5.72. The van der Waals surface area contributed by atoms with Crippen molar-refractivity contribution in [3.8, 4) is 0 Å². The Kier molecular flexibility index (Phi) is 4.81. The normalized spacial score (nSPS) is 11.9. The average Bonchev–Trinajstić information content (AvgIpc) is 2.18. The van der Waals surface area contributed by atoms with Gasteiger partial charge in [-0.15, -0.1) is 11.8 Å². The molecule has 0 atom stereocenters. The van der Waals surface area contributed by atoms with Gasteiger partial charge < -0.3 is 0 Å². The van der Waals surface area contributed by atoms with E-state index in [1.165, 1.54) is 4.90 Å². The molecular formula is C15H22OS. The van der Waals surface area contributed by atoms with E-state index < -0.39 is 0 Å². The van der Waals surface area contributed by atoms with Gasteiger partial charge in [0.2, 0.25) is 0 Å². The van der Waals surface area contributed by atoms with Crippen LogP contribution < -0.4 is 0 Å². The van der Waals surface area contributed by atoms with Crippen molar-refractivity contribution in [1.82, 2.24) is 0 Å². The summed E-state index contributed by atoms with van der Waals surface area (Å²) in [6, 6.07) is 8.35. The topological polar surface area (TPSA) is 17.1 Å². The van der Waals surface area contributed by atoms with Gasteiger partial charge in [0, 0.05) is 22.0 Å². The van der Waals surface area contributed by atoms with E-state index >= 15 is 0 Å². The van der Waals surface area contributed by atoms with Crippen LogP contribution in [-0.2, 0) is 11.2 Å². The number of Topliss-reactive ketones (excluding diaryl/α,β-unsaturated/α-hetero) is 1. The Labute approximate surface area is 109 Å². The van der Waals surface area contributed by atoms with E-state index in [2.05, 4.69) is 45.0 Å². The lowest BCUT2D eigenvalue weighted by molar-refractivity contribution is -0.121. The molecule has 0 radical (unpaired) electrons. The number of carbonyl (C=O) groups excluding carboxylic acids is 1. The molecule has 0 N–H and O–H groups in total. The molecule has 0 saturated carbocycles. The zero-order valence-electron chi connectivity index (χ0n) is 11.4. The van der Waals surface area contributed by atoms with E-state index in [1.807, 2.05) is 25.6 Å². The molecule has 0 aliphatic heterocycles. The van der Waals surface area contributed by atoms with Gasteiger partial charge in [0.1, 0.15) is 5.78 Å². The first-order valence-electron chi connectivity index (χ1n) is 6.08. The molecule has 0 bridgehead atoms. The van der Waals surface area contributed by atoms with Gasteiger partial charge in [-0.1, -0.05) is 46.8 Å². The van der Waals surface area contributed by atoms with Gasteiger partial charge in [-0.2, -0.15) is 0 Å². The van der Waals surface area contributed by atoms with Crippen molar-refractivity contribution >= 4 is 17.5 Å². The molecule has 0 aliphatic carbocycles. The molecule has 1 nitrogen and oxygen atoms in total. The minimum Gasteiger partial charge on any atom is -0.299 e. The number of benzene rings is 1. The molecule has 0 amide bonds. The first-order chi connectivity index (χ1) is 7.78. The Morgan fingerprint density at radius 2 is 1.71 bits per heavy atom. The van der Waals surface area contributed by atoms with Crippen molar-refractivity contribution in [3.63, 3.8) is 0 Å². The summed E-state index contributed by atoms with van der Waals surface area (Å²) < 4.78 is 0.231. The smallest absolute Gasteiger partial charge is 0.139 e. The first-order valence-corrected chi connectivity index (χ1v) is 6.90. The lowest BCUT2D eigenvalue weighted by Crippen LogP contribution is -2.10. The van der Waals surface area contributed by atoms with E-state index in [-0.39, 0.29) is 10.7 Å². The molecule has 17 heavy (non-hydrogen) atoms. The third kappa shape index (κ3) is 5.40. The second-order valence-corrected chi connectivity index (χ2v) is 7.56. The molecule has 0 aliphatic rings. The number of carbonyl (C=O) groups is 1. The fourth-order valence-corrected chi connectivity index (χ4v) is 2.41. The molecular weight excluding hydrogens is 228 g/mol. The van der Waals surface area contributed by atoms with Gasteiger partial charge in [0.05, 0.1) is 0 Å². The van der Waals surface area contributed by atoms with Gasteiger partial charge in [-0.3, -0.25) is 4.79 Å². The quantitative estimate of drug-likeness (QED) is 0.739. The summed E-state index contributed by atoms with van der Waals surface area (Å²) in [6.45, 7) is 10.5. The molecule has 0 spiro atoms. The minimum atomic E-state index is 0.124. The molecule has 1 aromatic carbocycles. The SMILES string of the molecule is CC(C)C(=O)Cc1ccc(SC(C)(C)C)cc1. The maximum atomic E-state index is 11.6. The maximum absolute atomic E-state index is 11.6. The predicted octanol–water partition coefficient (Wildman–Crippen LogP) is 4.34. The van der Waals surface area contributed by atoms with Crippen molar-refractivity contribution in [2.45, 2.75) is 50.7 Å². The molecule has 2 heteroatoms. The van der Waals surface area contributed by atoms with E-state index in [9.17, 15) is 4.79 Å². The van der Waals surface area contributed by atoms with Crippen LogP contribution in [0.25, 0.3) is 0 Å². The Morgan fingerprint density at radius 3 is 2.12 bits per heavy atom. The predicted molar refractivity (Wildman–Crippen MR) is 75.6 cm³/mol. The zero-order chi connectivity index (χ0) is 13.1. The molecule has 94 valence electrons. The summed E-state index contributed by atoms with van der Waals surface area (Å²) in [7, 11) is 0. The fourth-order valence-electron chi connectivity index (χ4n) is 1.43. The Bertz CT molecular complexity index is 371. The highest BCUT2D eigenvalue weighted by molar-refractivity contribution is 8.00. The second-order valence-electron chi connectivity index (χ2n) is 5.66. The van der Waals surface area contributed by atoms with E-state index in [4.69, 9.17) is 0 Å². The van der Waals surface area contributed by atoms with Crippen LogP contribution in [0.15, 0.2) is 29.2 Å². The Morgan fingerprint density at radius 1 is 1.18 bits per heavy atom. The molecule has 0 fully saturated rings. The molecule has 1 aromatic rings. The van der Waals surface area contributed by atoms with Crippen LogP contribution in [0.5, 0.6) is 0 Å². The summed E-state index contributed by atoms with van der Waals surface area (Å²) in [5.74, 6) is 0.430. The summed E-state index contributed by atoms with van der Waals surface area (Å²) in [5, 5.41) is 0. The lowest BCUT2D eigenvalue weighted by Gasteiger charge is -2.17. The third-order valence-corrected chi connectivity index (χ3v) is 3.49. The van der Waals surface area contributed by atoms with Gasteiger partial charge in [0.25, 0.3) is 0 Å². The Hall–Kier alpha value is -0.760. The van der Waals surface area contributed by atoms with Crippen molar-refractivity contribution in [3.05, 3.63) is 29.8 Å². The highest BCUT2D eigenvalue weighted by Crippen LogP contribution is 2.31. The molecule has 1 rings (SSSR count). The number of hydrogen-bond acceptors (Lipinski definition) is 2. The van der Waals surface area contributed by atoms with Crippen LogP contribution in [0, 0.1) is 5.92 Å². The van der Waals surface area contributed by atoms with Crippen molar-refractivity contribution in [2.24, 2.45) is 5.92 Å². The zero-order valence-corrected chi connectivity index (χ0v) is 12.2. The standard InChI is InChI=1S/C15H22OS/c1-11(2)14(16)10-12-6-8-13(9-7-12)17-15(3,4)5/h6-9,11H,10H2,1-5H3. The molecule has 0 aromatic heterocycles. The number of hydrogen-bond donors (Lipinski definition) is 0. The van der Waals surface area contributed by atoms with Gasteiger partial charge in [-0.05, 0) is 17.7 Å². The van der Waals surface area contributed by atoms with Crippen LogP contribution in [-0.4, -0.2) is 10.5 Å². The van der Waals surface area contributed by atoms with Crippen molar-refractivity contribution in [1.29, 1.82) is 0 Å². The summed E-state index contributed by atoms with van der Waals surface area (Å²) in [5.41, 5.74) is 1.11. The van der Waals surface area contributed by atoms with Crippen LogP contribution >= 0.6 is 11.8 Å². The van der Waals surface area contributed by atoms with Gasteiger partial charge in [0.15, 0.2) is 0 Å². The highest BCUT2D eigenvalue weighted by Gasteiger charge is 2.12. The van der Waals surface area contributed by atoms with Crippen LogP contribution in [0.4, 0.5) is 0 Å². The third-order valence-electron chi connectivity index (χ3n) is 2.37. The Balaban J connectivity index is 2.65. The largest absolute Gasteiger partial charge is 0.299 e. The molecule has 0 saturated heterocycles. The van der Waals surface area contributed by atoms with Crippen LogP contribution in [0.2, 0.25) is 0 Å². The van der Waals surface area contributed by atoms with Crippen molar-refractivity contribution < 1.29 is 4.79 Å². The van der Waals surface area contributed by atoms with E-state index in [0.29, 0.717) is 12.2 Å². The first kappa shape index (κ1) is 14.3. The van der Waals surface area contributed by atoms with Gasteiger partial charge in [-0.25, -0.2) is 0 Å². The fraction of sp³-hybridized carbons (Fsp3) is 0.533.